The minimum atomic E-state index is -0.472. The van der Waals surface area contributed by atoms with Crippen molar-refractivity contribution in [3.63, 3.8) is 0 Å². The van der Waals surface area contributed by atoms with Gasteiger partial charge in [-0.3, -0.25) is 0 Å². The number of morpholine rings is 1. The lowest BCUT2D eigenvalue weighted by Gasteiger charge is -2.38. The number of carbonyl (C=O) groups excluding carboxylic acids is 1. The van der Waals surface area contributed by atoms with Crippen molar-refractivity contribution < 1.29 is 19.4 Å². The first-order valence-corrected chi connectivity index (χ1v) is 6.63. The molecule has 5 heteroatoms. The Labute approximate surface area is 108 Å². The van der Waals surface area contributed by atoms with Gasteiger partial charge in [-0.05, 0) is 39.5 Å². The molecular weight excluding hydrogens is 234 g/mol. The third-order valence-corrected chi connectivity index (χ3v) is 3.52. The number of ether oxygens (including phenoxy) is 2. The smallest absolute Gasteiger partial charge is 0.410 e. The zero-order valence-electron chi connectivity index (χ0n) is 11.4. The summed E-state index contributed by atoms with van der Waals surface area (Å²) in [5.74, 6) is 0.239. The Kier molecular flexibility index (Phi) is 3.82. The average Bonchev–Trinajstić information content (AvgIpc) is 2.68. The molecule has 18 heavy (non-hydrogen) atoms. The van der Waals surface area contributed by atoms with E-state index in [4.69, 9.17) is 9.47 Å². The van der Waals surface area contributed by atoms with Gasteiger partial charge in [-0.2, -0.15) is 0 Å². The van der Waals surface area contributed by atoms with Gasteiger partial charge in [0, 0.05) is 13.2 Å². The third kappa shape index (κ3) is 2.95. The van der Waals surface area contributed by atoms with E-state index in [9.17, 15) is 9.90 Å². The normalized spacial score (nSPS) is 32.2. The lowest BCUT2D eigenvalue weighted by Crippen LogP contribution is -2.52. The fourth-order valence-corrected chi connectivity index (χ4v) is 2.75. The highest BCUT2D eigenvalue weighted by molar-refractivity contribution is 5.68. The van der Waals surface area contributed by atoms with Crippen LogP contribution in [0.25, 0.3) is 0 Å². The number of hydrogen-bond donors (Lipinski definition) is 1. The highest BCUT2D eigenvalue weighted by Gasteiger charge is 2.43. The molecule has 2 fully saturated rings. The highest BCUT2D eigenvalue weighted by atomic mass is 16.6. The van der Waals surface area contributed by atoms with Crippen LogP contribution in [0.3, 0.4) is 0 Å². The molecule has 1 amide bonds. The molecule has 0 aromatic rings. The summed E-state index contributed by atoms with van der Waals surface area (Å²) in [6, 6.07) is 0.0609. The highest BCUT2D eigenvalue weighted by Crippen LogP contribution is 2.34. The van der Waals surface area contributed by atoms with Crippen LogP contribution >= 0.6 is 0 Å². The minimum Gasteiger partial charge on any atom is -0.444 e. The van der Waals surface area contributed by atoms with E-state index >= 15 is 0 Å². The van der Waals surface area contributed by atoms with Crippen molar-refractivity contribution in [1.29, 1.82) is 0 Å². The fraction of sp³-hybridized carbons (Fsp3) is 0.923. The summed E-state index contributed by atoms with van der Waals surface area (Å²) < 4.78 is 11.1. The molecule has 2 rings (SSSR count). The minimum absolute atomic E-state index is 0.0587. The zero-order chi connectivity index (χ0) is 13.3. The van der Waals surface area contributed by atoms with E-state index in [1.54, 1.807) is 4.90 Å². The van der Waals surface area contributed by atoms with Gasteiger partial charge in [0.2, 0.25) is 0 Å². The number of carbonyl (C=O) groups is 1. The van der Waals surface area contributed by atoms with Crippen LogP contribution in [0.1, 0.15) is 33.6 Å². The van der Waals surface area contributed by atoms with Crippen LogP contribution < -0.4 is 0 Å². The summed E-state index contributed by atoms with van der Waals surface area (Å²) in [7, 11) is 0. The Bertz CT molecular complexity index is 313. The van der Waals surface area contributed by atoms with E-state index in [1.807, 2.05) is 20.8 Å². The topological polar surface area (TPSA) is 59.0 Å². The van der Waals surface area contributed by atoms with Crippen molar-refractivity contribution in [2.24, 2.45) is 5.92 Å². The van der Waals surface area contributed by atoms with E-state index in [1.165, 1.54) is 0 Å². The van der Waals surface area contributed by atoms with Crippen molar-refractivity contribution in [2.75, 3.05) is 19.8 Å². The molecule has 0 radical (unpaired) electrons. The SMILES string of the molecule is CC(C)(C)OC(=O)N1CCO[C@H]2C[C@@H](CO)C[C@@H]21. The van der Waals surface area contributed by atoms with Crippen molar-refractivity contribution in [1.82, 2.24) is 4.90 Å². The van der Waals surface area contributed by atoms with E-state index in [0.29, 0.717) is 13.2 Å². The lowest BCUT2D eigenvalue weighted by molar-refractivity contribution is -0.0635. The number of nitrogens with zero attached hydrogens (tertiary/aromatic N) is 1. The van der Waals surface area contributed by atoms with Gasteiger partial charge in [-0.25, -0.2) is 4.79 Å². The van der Waals surface area contributed by atoms with Gasteiger partial charge < -0.3 is 19.5 Å². The quantitative estimate of drug-likeness (QED) is 0.771. The standard InChI is InChI=1S/C13H23NO4/c1-13(2,3)18-12(16)14-4-5-17-11-7-9(8-15)6-10(11)14/h9-11,15H,4-8H2,1-3H3/t9-,10-,11-/m0/s1. The summed E-state index contributed by atoms with van der Waals surface area (Å²) in [5.41, 5.74) is -0.472. The molecule has 2 aliphatic rings. The predicted octanol–water partition coefficient (Wildman–Crippen LogP) is 1.39. The van der Waals surface area contributed by atoms with Crippen molar-refractivity contribution in [3.05, 3.63) is 0 Å². The van der Waals surface area contributed by atoms with Gasteiger partial charge in [0.05, 0.1) is 18.8 Å². The third-order valence-electron chi connectivity index (χ3n) is 3.52. The summed E-state index contributed by atoms with van der Waals surface area (Å²) in [6.45, 7) is 6.90. The number of aliphatic hydroxyl groups is 1. The number of rotatable bonds is 1. The fourth-order valence-electron chi connectivity index (χ4n) is 2.75. The number of fused-ring (bicyclic) bond motifs is 1. The van der Waals surface area contributed by atoms with Crippen LogP contribution in [0, 0.1) is 5.92 Å². The van der Waals surface area contributed by atoms with E-state index < -0.39 is 5.60 Å². The summed E-state index contributed by atoms with van der Waals surface area (Å²) >= 11 is 0. The molecule has 1 aliphatic heterocycles. The molecule has 1 saturated heterocycles. The Balaban J connectivity index is 2.02. The maximum absolute atomic E-state index is 12.1. The zero-order valence-corrected chi connectivity index (χ0v) is 11.4. The lowest BCUT2D eigenvalue weighted by atomic mass is 10.1. The van der Waals surface area contributed by atoms with Gasteiger partial charge in [0.25, 0.3) is 0 Å². The molecule has 0 aromatic carbocycles. The molecule has 0 bridgehead atoms. The van der Waals surface area contributed by atoms with E-state index in [-0.39, 0.29) is 30.8 Å². The van der Waals surface area contributed by atoms with Crippen LogP contribution in [0.2, 0.25) is 0 Å². The maximum Gasteiger partial charge on any atom is 0.410 e. The Hall–Kier alpha value is -0.810. The number of aliphatic hydroxyl groups excluding tert-OH is 1. The first-order chi connectivity index (χ1) is 8.40. The Morgan fingerprint density at radius 2 is 2.17 bits per heavy atom. The molecule has 1 saturated carbocycles. The second-order valence-electron chi connectivity index (χ2n) is 6.17. The van der Waals surface area contributed by atoms with Gasteiger partial charge in [-0.15, -0.1) is 0 Å². The molecule has 1 aliphatic carbocycles. The van der Waals surface area contributed by atoms with Crippen molar-refractivity contribution >= 4 is 6.09 Å². The van der Waals surface area contributed by atoms with Crippen LogP contribution in [0.5, 0.6) is 0 Å². The molecule has 0 aromatic heterocycles. The van der Waals surface area contributed by atoms with Gasteiger partial charge in [-0.1, -0.05) is 0 Å². The molecule has 1 heterocycles. The van der Waals surface area contributed by atoms with Crippen molar-refractivity contribution in [3.8, 4) is 0 Å². The van der Waals surface area contributed by atoms with E-state index in [2.05, 4.69) is 0 Å². The predicted molar refractivity (Wildman–Crippen MR) is 66.3 cm³/mol. The van der Waals surface area contributed by atoms with Crippen LogP contribution in [0.4, 0.5) is 4.79 Å². The number of amides is 1. The summed E-state index contributed by atoms with van der Waals surface area (Å²) in [5, 5.41) is 9.23. The van der Waals surface area contributed by atoms with E-state index in [0.717, 1.165) is 12.8 Å². The maximum atomic E-state index is 12.1. The van der Waals surface area contributed by atoms with Gasteiger partial charge in [0.1, 0.15) is 5.60 Å². The van der Waals surface area contributed by atoms with Crippen LogP contribution in [-0.2, 0) is 9.47 Å². The Morgan fingerprint density at radius 1 is 1.44 bits per heavy atom. The molecule has 3 atom stereocenters. The largest absolute Gasteiger partial charge is 0.444 e. The van der Waals surface area contributed by atoms with Crippen molar-refractivity contribution in [2.45, 2.75) is 51.4 Å². The molecule has 104 valence electrons. The second kappa shape index (κ2) is 5.05. The summed E-state index contributed by atoms with van der Waals surface area (Å²) in [6.07, 6.45) is 1.43. The first kappa shape index (κ1) is 13.6. The first-order valence-electron chi connectivity index (χ1n) is 6.63. The number of hydrogen-bond acceptors (Lipinski definition) is 4. The van der Waals surface area contributed by atoms with Crippen LogP contribution in [0.15, 0.2) is 0 Å². The Morgan fingerprint density at radius 3 is 2.78 bits per heavy atom. The van der Waals surface area contributed by atoms with Crippen LogP contribution in [-0.4, -0.2) is 53.6 Å². The molecular formula is C13H23NO4. The molecule has 0 spiro atoms. The molecule has 1 N–H and O–H groups in total. The summed E-state index contributed by atoms with van der Waals surface area (Å²) in [4.78, 5) is 13.9. The average molecular weight is 257 g/mol. The van der Waals surface area contributed by atoms with Gasteiger partial charge in [0.15, 0.2) is 0 Å². The molecule has 5 nitrogen and oxygen atoms in total. The molecule has 0 unspecified atom stereocenters. The van der Waals surface area contributed by atoms with Gasteiger partial charge >= 0.3 is 6.09 Å². The monoisotopic (exact) mass is 257 g/mol. The second-order valence-corrected chi connectivity index (χ2v) is 6.17.